The highest BCUT2D eigenvalue weighted by molar-refractivity contribution is 6.39. The van der Waals surface area contributed by atoms with Gasteiger partial charge in [0, 0.05) is 22.8 Å². The molecule has 0 bridgehead atoms. The number of non-ortho nitro benzene ring substituents is 1. The van der Waals surface area contributed by atoms with E-state index in [0.29, 0.717) is 21.2 Å². The molecule has 0 unspecified atom stereocenters. The van der Waals surface area contributed by atoms with Crippen molar-refractivity contribution in [3.8, 4) is 11.5 Å². The molecule has 5 amide bonds. The molecule has 13 heteroatoms. The minimum atomic E-state index is -1.04. The summed E-state index contributed by atoms with van der Waals surface area (Å²) in [6.07, 6.45) is 1.23. The van der Waals surface area contributed by atoms with Crippen LogP contribution in [0.3, 0.4) is 0 Å². The highest BCUT2D eigenvalue weighted by Crippen LogP contribution is 2.30. The minimum absolute atomic E-state index is 0.0809. The lowest BCUT2D eigenvalue weighted by atomic mass is 10.1. The number of rotatable bonds is 8. The Hall–Kier alpha value is -5.23. The number of nitro groups is 1. The Labute approximate surface area is 232 Å². The summed E-state index contributed by atoms with van der Waals surface area (Å²) in [5.41, 5.74) is 0.908. The van der Waals surface area contributed by atoms with Gasteiger partial charge in [-0.15, -0.1) is 0 Å². The van der Waals surface area contributed by atoms with Crippen molar-refractivity contribution in [1.82, 2.24) is 5.32 Å². The van der Waals surface area contributed by atoms with Gasteiger partial charge >= 0.3 is 6.03 Å². The van der Waals surface area contributed by atoms with Gasteiger partial charge in [0.1, 0.15) is 5.57 Å². The number of methoxy groups -OCH3 is 1. The van der Waals surface area contributed by atoms with Gasteiger partial charge in [0.2, 0.25) is 0 Å². The number of urea groups is 1. The molecule has 0 radical (unpaired) electrons. The molecule has 3 aromatic carbocycles. The third kappa shape index (κ3) is 6.08. The number of nitro benzene ring substituents is 1. The zero-order valence-electron chi connectivity index (χ0n) is 21.1. The minimum Gasteiger partial charge on any atom is -0.493 e. The molecule has 12 nitrogen and oxygen atoms in total. The lowest BCUT2D eigenvalue weighted by Crippen LogP contribution is -2.54. The van der Waals surface area contributed by atoms with Gasteiger partial charge in [-0.05, 0) is 54.5 Å². The van der Waals surface area contributed by atoms with E-state index < -0.39 is 34.2 Å². The van der Waals surface area contributed by atoms with Gasteiger partial charge in [-0.25, -0.2) is 9.69 Å². The number of imide groups is 2. The highest BCUT2D eigenvalue weighted by atomic mass is 35.5. The number of ether oxygens (including phenoxy) is 2. The number of carbonyl (C=O) groups excluding carboxylic acids is 4. The topological polar surface area (TPSA) is 157 Å². The number of hydrogen-bond donors (Lipinski definition) is 2. The maximum atomic E-state index is 13.1. The molecule has 2 N–H and O–H groups in total. The molecule has 3 aromatic rings. The number of nitrogens with one attached hydrogen (secondary N) is 2. The number of amides is 5. The average Bonchev–Trinajstić information content (AvgIpc) is 2.92. The van der Waals surface area contributed by atoms with Gasteiger partial charge in [0.25, 0.3) is 23.4 Å². The first kappa shape index (κ1) is 27.8. The first-order valence-electron chi connectivity index (χ1n) is 11.6. The SMILES string of the molecule is COc1cc(/C=C2/C(=O)NC(=O)N(c3cccc([N+](=O)[O-])c3)C2=O)ccc1OCC(=O)Nc1ccc(C)c(Cl)c1. The Morgan fingerprint density at radius 1 is 1.10 bits per heavy atom. The normalized spacial score (nSPS) is 14.1. The van der Waals surface area contributed by atoms with Crippen LogP contribution in [0.15, 0.2) is 66.2 Å². The molecule has 40 heavy (non-hydrogen) atoms. The van der Waals surface area contributed by atoms with Crippen LogP contribution in [0.5, 0.6) is 11.5 Å². The quantitative estimate of drug-likeness (QED) is 0.178. The van der Waals surface area contributed by atoms with Crippen molar-refractivity contribution in [2.24, 2.45) is 0 Å². The second kappa shape index (κ2) is 11.7. The van der Waals surface area contributed by atoms with Crippen molar-refractivity contribution in [3.05, 3.63) is 92.5 Å². The molecule has 1 aliphatic heterocycles. The fourth-order valence-corrected chi connectivity index (χ4v) is 3.89. The number of halogens is 1. The maximum absolute atomic E-state index is 13.1. The van der Waals surface area contributed by atoms with Gasteiger partial charge in [-0.2, -0.15) is 0 Å². The van der Waals surface area contributed by atoms with Crippen molar-refractivity contribution < 1.29 is 33.6 Å². The zero-order valence-corrected chi connectivity index (χ0v) is 21.9. The number of barbiturate groups is 1. The van der Waals surface area contributed by atoms with Gasteiger partial charge in [-0.3, -0.25) is 29.8 Å². The van der Waals surface area contributed by atoms with Crippen molar-refractivity contribution in [2.75, 3.05) is 23.9 Å². The van der Waals surface area contributed by atoms with Crippen LogP contribution < -0.4 is 25.0 Å². The Balaban J connectivity index is 1.52. The molecular formula is C27H21ClN4O8. The lowest BCUT2D eigenvalue weighted by Gasteiger charge is -2.26. The van der Waals surface area contributed by atoms with Crippen LogP contribution >= 0.6 is 11.6 Å². The third-order valence-electron chi connectivity index (χ3n) is 5.71. The monoisotopic (exact) mass is 564 g/mol. The van der Waals surface area contributed by atoms with Crippen LogP contribution in [0.25, 0.3) is 6.08 Å². The molecule has 0 spiro atoms. The van der Waals surface area contributed by atoms with Crippen LogP contribution in [0.4, 0.5) is 21.9 Å². The van der Waals surface area contributed by atoms with Gasteiger partial charge in [0.15, 0.2) is 18.1 Å². The van der Waals surface area contributed by atoms with E-state index in [9.17, 15) is 29.3 Å². The summed E-state index contributed by atoms with van der Waals surface area (Å²) in [6, 6.07) is 13.4. The van der Waals surface area contributed by atoms with Crippen molar-refractivity contribution >= 4 is 58.5 Å². The highest BCUT2D eigenvalue weighted by Gasteiger charge is 2.37. The second-order valence-corrected chi connectivity index (χ2v) is 8.85. The van der Waals surface area contributed by atoms with Crippen LogP contribution in [0.1, 0.15) is 11.1 Å². The Morgan fingerprint density at radius 3 is 2.58 bits per heavy atom. The first-order chi connectivity index (χ1) is 19.1. The molecule has 0 aliphatic carbocycles. The molecular weight excluding hydrogens is 544 g/mol. The fourth-order valence-electron chi connectivity index (χ4n) is 3.71. The van der Waals surface area contributed by atoms with Crippen molar-refractivity contribution in [1.29, 1.82) is 0 Å². The number of benzene rings is 3. The van der Waals surface area contributed by atoms with Crippen LogP contribution in [0, 0.1) is 17.0 Å². The molecule has 1 heterocycles. The van der Waals surface area contributed by atoms with Gasteiger partial charge < -0.3 is 14.8 Å². The number of aryl methyl sites for hydroxylation is 1. The van der Waals surface area contributed by atoms with Crippen LogP contribution in [0.2, 0.25) is 5.02 Å². The number of anilines is 2. The van der Waals surface area contributed by atoms with Gasteiger partial charge in [-0.1, -0.05) is 29.8 Å². The van der Waals surface area contributed by atoms with E-state index in [1.807, 2.05) is 6.92 Å². The predicted molar refractivity (Wildman–Crippen MR) is 145 cm³/mol. The van der Waals surface area contributed by atoms with Crippen molar-refractivity contribution in [3.63, 3.8) is 0 Å². The summed E-state index contributed by atoms with van der Waals surface area (Å²) in [6.45, 7) is 1.50. The fraction of sp³-hybridized carbons (Fsp3) is 0.111. The standard InChI is InChI=1S/C27H21ClN4O8/c1-15-6-8-17(12-21(15)28)29-24(33)14-40-22-9-7-16(11-23(22)39-2)10-20-25(34)30-27(36)31(26(20)35)18-4-3-5-19(13-18)32(37)38/h3-13H,14H2,1-2H3,(H,29,33)(H,30,34,36)/b20-10-. The third-order valence-corrected chi connectivity index (χ3v) is 6.12. The van der Waals surface area contributed by atoms with E-state index in [4.69, 9.17) is 21.1 Å². The Bertz CT molecular complexity index is 1590. The van der Waals surface area contributed by atoms with E-state index in [1.54, 1.807) is 18.2 Å². The molecule has 1 aliphatic rings. The summed E-state index contributed by atoms with van der Waals surface area (Å²) in [7, 11) is 1.37. The number of hydrogen-bond acceptors (Lipinski definition) is 8. The second-order valence-electron chi connectivity index (χ2n) is 8.45. The summed E-state index contributed by atoms with van der Waals surface area (Å²) in [5.74, 6) is -1.93. The van der Waals surface area contributed by atoms with Crippen LogP contribution in [-0.2, 0) is 14.4 Å². The van der Waals surface area contributed by atoms with E-state index in [2.05, 4.69) is 10.6 Å². The summed E-state index contributed by atoms with van der Waals surface area (Å²) < 4.78 is 10.9. The molecule has 204 valence electrons. The van der Waals surface area contributed by atoms with Crippen LogP contribution in [-0.4, -0.2) is 42.4 Å². The molecule has 1 fully saturated rings. The van der Waals surface area contributed by atoms with E-state index in [0.717, 1.165) is 11.6 Å². The molecule has 0 atom stereocenters. The Morgan fingerprint density at radius 2 is 1.88 bits per heavy atom. The summed E-state index contributed by atoms with van der Waals surface area (Å²) in [5, 5.41) is 16.4. The molecule has 1 saturated heterocycles. The maximum Gasteiger partial charge on any atom is 0.335 e. The van der Waals surface area contributed by atoms with E-state index >= 15 is 0 Å². The largest absolute Gasteiger partial charge is 0.493 e. The smallest absolute Gasteiger partial charge is 0.335 e. The van der Waals surface area contributed by atoms with Crippen molar-refractivity contribution in [2.45, 2.75) is 6.92 Å². The molecule has 0 aromatic heterocycles. The van der Waals surface area contributed by atoms with Gasteiger partial charge in [0.05, 0.1) is 17.7 Å². The summed E-state index contributed by atoms with van der Waals surface area (Å²) in [4.78, 5) is 61.4. The number of nitrogens with zero attached hydrogens (tertiary/aromatic N) is 2. The average molecular weight is 565 g/mol. The van der Waals surface area contributed by atoms with E-state index in [1.165, 1.54) is 49.6 Å². The molecule has 4 rings (SSSR count). The Kier molecular flexibility index (Phi) is 8.10. The van der Waals surface area contributed by atoms with E-state index in [-0.39, 0.29) is 29.5 Å². The lowest BCUT2D eigenvalue weighted by molar-refractivity contribution is -0.384. The first-order valence-corrected chi connectivity index (χ1v) is 12.0. The molecule has 0 saturated carbocycles. The zero-order chi connectivity index (χ0) is 29.0. The number of carbonyl (C=O) groups is 4. The summed E-state index contributed by atoms with van der Waals surface area (Å²) >= 11 is 6.08. The predicted octanol–water partition coefficient (Wildman–Crippen LogP) is 4.25.